The van der Waals surface area contributed by atoms with E-state index in [0.29, 0.717) is 5.69 Å². The Bertz CT molecular complexity index is 995. The van der Waals surface area contributed by atoms with Gasteiger partial charge in [-0.3, -0.25) is 9.59 Å². The van der Waals surface area contributed by atoms with E-state index in [2.05, 4.69) is 15.4 Å². The normalized spacial score (nSPS) is 12.4. The molecule has 0 unspecified atom stereocenters. The van der Waals surface area contributed by atoms with Crippen molar-refractivity contribution in [2.45, 2.75) is 37.0 Å². The van der Waals surface area contributed by atoms with Gasteiger partial charge in [-0.15, -0.1) is 11.8 Å². The number of carbonyl (C=O) groups excluding carboxylic acids is 2. The second kappa shape index (κ2) is 10.6. The van der Waals surface area contributed by atoms with E-state index in [9.17, 15) is 22.4 Å². The lowest BCUT2D eigenvalue weighted by atomic mass is 10.3. The molecular weight excluding hydrogens is 429 g/mol. The van der Waals surface area contributed by atoms with Gasteiger partial charge in [0.2, 0.25) is 21.8 Å². The molecule has 162 valence electrons. The van der Waals surface area contributed by atoms with Crippen LogP contribution in [-0.2, 0) is 19.6 Å². The van der Waals surface area contributed by atoms with Crippen LogP contribution in [0.15, 0.2) is 53.4 Å². The molecule has 0 aliphatic rings. The minimum absolute atomic E-state index is 0.0268. The summed E-state index contributed by atoms with van der Waals surface area (Å²) in [6.45, 7) is 5.09. The smallest absolute Gasteiger partial charge is 0.240 e. The van der Waals surface area contributed by atoms with Crippen molar-refractivity contribution >= 4 is 45.0 Å². The van der Waals surface area contributed by atoms with Gasteiger partial charge in [0.05, 0.1) is 21.6 Å². The Balaban J connectivity index is 1.86. The van der Waals surface area contributed by atoms with Crippen molar-refractivity contribution in [1.29, 1.82) is 0 Å². The summed E-state index contributed by atoms with van der Waals surface area (Å²) in [5, 5.41) is 4.58. The first-order valence-corrected chi connectivity index (χ1v) is 11.7. The van der Waals surface area contributed by atoms with Gasteiger partial charge in [-0.2, -0.15) is 0 Å². The number of benzene rings is 2. The summed E-state index contributed by atoms with van der Waals surface area (Å²) in [5.74, 6) is -1.32. The topological polar surface area (TPSA) is 104 Å². The fraction of sp³-hybridized carbons (Fsp3) is 0.300. The summed E-state index contributed by atoms with van der Waals surface area (Å²) >= 11 is 1.10. The van der Waals surface area contributed by atoms with E-state index in [1.807, 2.05) is 0 Å². The number of nitrogens with one attached hydrogen (secondary N) is 3. The number of thioether (sulfide) groups is 1. The monoisotopic (exact) mass is 453 g/mol. The molecule has 2 amide bonds. The lowest BCUT2D eigenvalue weighted by Crippen LogP contribution is -2.30. The molecule has 0 aromatic heterocycles. The number of amides is 2. The van der Waals surface area contributed by atoms with Crippen molar-refractivity contribution in [2.24, 2.45) is 0 Å². The minimum atomic E-state index is -3.61. The molecule has 0 aliphatic carbocycles. The summed E-state index contributed by atoms with van der Waals surface area (Å²) in [5.41, 5.74) is 0.522. The van der Waals surface area contributed by atoms with Crippen LogP contribution in [0.25, 0.3) is 0 Å². The average molecular weight is 454 g/mol. The molecule has 2 rings (SSSR count). The maximum absolute atomic E-state index is 13.6. The molecule has 0 heterocycles. The van der Waals surface area contributed by atoms with Crippen LogP contribution in [-0.4, -0.2) is 37.3 Å². The summed E-state index contributed by atoms with van der Waals surface area (Å²) < 4.78 is 40.3. The number of hydrogen-bond donors (Lipinski definition) is 3. The molecule has 2 aromatic rings. The Labute approximate surface area is 179 Å². The van der Waals surface area contributed by atoms with Crippen molar-refractivity contribution in [2.75, 3.05) is 16.4 Å². The second-order valence-corrected chi connectivity index (χ2v) is 9.81. The molecule has 0 fully saturated rings. The number of carbonyl (C=O) groups is 2. The lowest BCUT2D eigenvalue weighted by Gasteiger charge is -2.13. The van der Waals surface area contributed by atoms with Gasteiger partial charge in [0.15, 0.2) is 0 Å². The Morgan fingerprint density at radius 2 is 1.63 bits per heavy atom. The quantitative estimate of drug-likeness (QED) is 0.541. The predicted octanol–water partition coefficient (Wildman–Crippen LogP) is 3.21. The minimum Gasteiger partial charge on any atom is -0.325 e. The third kappa shape index (κ3) is 7.12. The van der Waals surface area contributed by atoms with Gasteiger partial charge in [-0.05, 0) is 57.2 Å². The van der Waals surface area contributed by atoms with Gasteiger partial charge in [0.25, 0.3) is 0 Å². The van der Waals surface area contributed by atoms with E-state index in [-0.39, 0.29) is 28.3 Å². The zero-order valence-corrected chi connectivity index (χ0v) is 18.4. The Kier molecular flexibility index (Phi) is 8.39. The highest BCUT2D eigenvalue weighted by Crippen LogP contribution is 2.18. The highest BCUT2D eigenvalue weighted by Gasteiger charge is 2.18. The second-order valence-electron chi connectivity index (χ2n) is 6.77. The Hall–Kier alpha value is -2.43. The molecule has 0 bridgehead atoms. The summed E-state index contributed by atoms with van der Waals surface area (Å²) in [6, 6.07) is 11.4. The van der Waals surface area contributed by atoms with Gasteiger partial charge in [0.1, 0.15) is 5.82 Å². The van der Waals surface area contributed by atoms with Crippen molar-refractivity contribution in [1.82, 2.24) is 4.72 Å². The zero-order chi connectivity index (χ0) is 22.3. The van der Waals surface area contributed by atoms with Crippen molar-refractivity contribution in [3.05, 3.63) is 54.3 Å². The van der Waals surface area contributed by atoms with Crippen LogP contribution in [0.2, 0.25) is 0 Å². The fourth-order valence-electron chi connectivity index (χ4n) is 2.36. The van der Waals surface area contributed by atoms with Crippen LogP contribution in [0.1, 0.15) is 20.8 Å². The molecule has 30 heavy (non-hydrogen) atoms. The first-order valence-electron chi connectivity index (χ1n) is 9.17. The van der Waals surface area contributed by atoms with Gasteiger partial charge < -0.3 is 10.6 Å². The third-order valence-corrected chi connectivity index (χ3v) is 6.62. The third-order valence-electron chi connectivity index (χ3n) is 3.80. The average Bonchev–Trinajstić information content (AvgIpc) is 2.67. The summed E-state index contributed by atoms with van der Waals surface area (Å²) in [7, 11) is -3.61. The fourth-order valence-corrected chi connectivity index (χ4v) is 4.30. The number of hydrogen-bond acceptors (Lipinski definition) is 5. The largest absolute Gasteiger partial charge is 0.325 e. The van der Waals surface area contributed by atoms with E-state index in [1.54, 1.807) is 26.8 Å². The van der Waals surface area contributed by atoms with Gasteiger partial charge in [-0.25, -0.2) is 17.5 Å². The molecular formula is C20H24FN3O4S2. The number of halogens is 1. The van der Waals surface area contributed by atoms with Gasteiger partial charge in [-0.1, -0.05) is 12.1 Å². The molecule has 3 N–H and O–H groups in total. The molecule has 2 aromatic carbocycles. The molecule has 1 atom stereocenters. The van der Waals surface area contributed by atoms with Crippen LogP contribution >= 0.6 is 11.8 Å². The van der Waals surface area contributed by atoms with E-state index >= 15 is 0 Å². The van der Waals surface area contributed by atoms with Crippen molar-refractivity contribution in [3.8, 4) is 0 Å². The maximum atomic E-state index is 13.6. The summed E-state index contributed by atoms with van der Waals surface area (Å²) in [6.07, 6.45) is 0. The SMILES string of the molecule is CC(C)NS(=O)(=O)c1ccc(NC(=O)[C@H](C)SCC(=O)Nc2ccccc2F)cc1. The van der Waals surface area contributed by atoms with Crippen LogP contribution < -0.4 is 15.4 Å². The number of sulfonamides is 1. The molecule has 0 saturated carbocycles. The maximum Gasteiger partial charge on any atom is 0.240 e. The van der Waals surface area contributed by atoms with Crippen LogP contribution in [0.4, 0.5) is 15.8 Å². The molecule has 0 radical (unpaired) electrons. The number of anilines is 2. The molecule has 0 spiro atoms. The van der Waals surface area contributed by atoms with Crippen LogP contribution in [0.5, 0.6) is 0 Å². The molecule has 0 saturated heterocycles. The highest BCUT2D eigenvalue weighted by atomic mass is 32.2. The first-order chi connectivity index (χ1) is 14.1. The van der Waals surface area contributed by atoms with E-state index in [1.165, 1.54) is 42.5 Å². The number of rotatable bonds is 9. The Morgan fingerprint density at radius 3 is 2.23 bits per heavy atom. The number of para-hydroxylation sites is 1. The van der Waals surface area contributed by atoms with Crippen molar-refractivity contribution < 1.29 is 22.4 Å². The molecule has 0 aliphatic heterocycles. The summed E-state index contributed by atoms with van der Waals surface area (Å²) in [4.78, 5) is 24.4. The molecule has 10 heteroatoms. The highest BCUT2D eigenvalue weighted by molar-refractivity contribution is 8.01. The van der Waals surface area contributed by atoms with E-state index in [0.717, 1.165) is 11.8 Å². The lowest BCUT2D eigenvalue weighted by molar-refractivity contribution is -0.115. The van der Waals surface area contributed by atoms with Crippen LogP contribution in [0, 0.1) is 5.82 Å². The van der Waals surface area contributed by atoms with Gasteiger partial charge >= 0.3 is 0 Å². The zero-order valence-electron chi connectivity index (χ0n) is 16.8. The standard InChI is InChI=1S/C20H24FN3O4S2/c1-13(2)24-30(27,28)16-10-8-15(9-11-16)22-20(26)14(3)29-12-19(25)23-18-7-5-4-6-17(18)21/h4-11,13-14,24H,12H2,1-3H3,(H,22,26)(H,23,25)/t14-/m0/s1. The molecule has 7 nitrogen and oxygen atoms in total. The van der Waals surface area contributed by atoms with Crippen LogP contribution in [0.3, 0.4) is 0 Å². The van der Waals surface area contributed by atoms with Gasteiger partial charge in [0, 0.05) is 11.7 Å². The van der Waals surface area contributed by atoms with Crippen molar-refractivity contribution in [3.63, 3.8) is 0 Å². The predicted molar refractivity (Wildman–Crippen MR) is 117 cm³/mol. The Morgan fingerprint density at radius 1 is 1.00 bits per heavy atom. The first kappa shape index (κ1) is 23.8. The van der Waals surface area contributed by atoms with E-state index < -0.39 is 27.0 Å². The van der Waals surface area contributed by atoms with E-state index in [4.69, 9.17) is 0 Å².